The van der Waals surface area contributed by atoms with Crippen LogP contribution in [0.4, 0.5) is 0 Å². The third-order valence-electron chi connectivity index (χ3n) is 3.50. The van der Waals surface area contributed by atoms with Crippen LogP contribution >= 0.6 is 23.4 Å². The molecule has 3 heteroatoms. The van der Waals surface area contributed by atoms with Gasteiger partial charge < -0.3 is 5.32 Å². The number of halogens is 1. The fraction of sp³-hybridized carbons (Fsp3) is 0.571. The first-order valence-corrected chi connectivity index (χ1v) is 7.82. The van der Waals surface area contributed by atoms with Crippen LogP contribution < -0.4 is 5.32 Å². The van der Waals surface area contributed by atoms with Crippen molar-refractivity contribution < 1.29 is 0 Å². The van der Waals surface area contributed by atoms with Gasteiger partial charge in [0.15, 0.2) is 0 Å². The molecule has 2 rings (SSSR count). The van der Waals surface area contributed by atoms with Gasteiger partial charge in [0, 0.05) is 23.4 Å². The molecule has 0 amide bonds. The molecule has 1 N–H and O–H groups in total. The van der Waals surface area contributed by atoms with Gasteiger partial charge in [-0.2, -0.15) is 11.8 Å². The van der Waals surface area contributed by atoms with Gasteiger partial charge in [-0.15, -0.1) is 0 Å². The van der Waals surface area contributed by atoms with Crippen LogP contribution in [0.15, 0.2) is 18.2 Å². The van der Waals surface area contributed by atoms with E-state index in [1.165, 1.54) is 11.1 Å². The lowest BCUT2D eigenvalue weighted by Crippen LogP contribution is -2.32. The zero-order valence-electron chi connectivity index (χ0n) is 10.7. The predicted octanol–water partition coefficient (Wildman–Crippen LogP) is 3.92. The van der Waals surface area contributed by atoms with Crippen LogP contribution in [-0.4, -0.2) is 18.6 Å². The Morgan fingerprint density at radius 1 is 1.47 bits per heavy atom. The molecule has 0 aromatic heterocycles. The number of hydrogen-bond donors (Lipinski definition) is 1. The maximum absolute atomic E-state index is 6.11. The van der Waals surface area contributed by atoms with E-state index in [-0.39, 0.29) is 5.41 Å². The van der Waals surface area contributed by atoms with Gasteiger partial charge in [-0.1, -0.05) is 31.5 Å². The van der Waals surface area contributed by atoms with E-state index in [1.54, 1.807) is 0 Å². The second-order valence-corrected chi connectivity index (χ2v) is 6.81. The first-order valence-electron chi connectivity index (χ1n) is 6.05. The minimum absolute atomic E-state index is 0.283. The van der Waals surface area contributed by atoms with E-state index >= 15 is 0 Å². The topological polar surface area (TPSA) is 12.0 Å². The maximum Gasteiger partial charge on any atom is 0.0409 e. The lowest BCUT2D eigenvalue weighted by molar-refractivity contribution is 0.274. The molecule has 1 aromatic carbocycles. The zero-order valence-corrected chi connectivity index (χ0v) is 12.3. The molecule has 94 valence electrons. The van der Waals surface area contributed by atoms with Crippen molar-refractivity contribution in [2.75, 3.05) is 18.6 Å². The number of rotatable bonds is 4. The Bertz CT molecular complexity index is 403. The second kappa shape index (κ2) is 5.21. The lowest BCUT2D eigenvalue weighted by atomic mass is 9.85. The molecule has 0 bridgehead atoms. The number of thioether (sulfide) groups is 1. The summed E-state index contributed by atoms with van der Waals surface area (Å²) in [4.78, 5) is 0. The van der Waals surface area contributed by atoms with Crippen molar-refractivity contribution in [3.8, 4) is 0 Å². The average molecular weight is 270 g/mol. The van der Waals surface area contributed by atoms with Gasteiger partial charge in [-0.05, 0) is 41.4 Å². The summed E-state index contributed by atoms with van der Waals surface area (Å²) in [7, 11) is 0. The molecular formula is C14H20ClNS. The highest BCUT2D eigenvalue weighted by Crippen LogP contribution is 2.45. The largest absolute Gasteiger partial charge is 0.309 e. The number of benzene rings is 1. The Labute approximate surface area is 113 Å². The van der Waals surface area contributed by atoms with Crippen LogP contribution in [0.1, 0.15) is 31.0 Å². The number of nitrogens with one attached hydrogen (secondary N) is 1. The Kier molecular flexibility index (Phi) is 4.06. The molecule has 0 spiro atoms. The summed E-state index contributed by atoms with van der Waals surface area (Å²) in [5.41, 5.74) is 3.12. The standard InChI is InChI=1S/C14H20ClNS/c1-14(2)9-10-4-5-11(15)8-12(10)13(14)16-6-7-17-3/h4-5,8,13,16H,6-7,9H2,1-3H3. The molecule has 0 radical (unpaired) electrons. The minimum atomic E-state index is 0.283. The molecular weight excluding hydrogens is 250 g/mol. The van der Waals surface area contributed by atoms with Gasteiger partial charge in [0.05, 0.1) is 0 Å². The monoisotopic (exact) mass is 269 g/mol. The van der Waals surface area contributed by atoms with Gasteiger partial charge in [0.2, 0.25) is 0 Å². The van der Waals surface area contributed by atoms with Crippen molar-refractivity contribution in [2.24, 2.45) is 5.41 Å². The molecule has 17 heavy (non-hydrogen) atoms. The summed E-state index contributed by atoms with van der Waals surface area (Å²) in [5, 5.41) is 4.52. The average Bonchev–Trinajstić information content (AvgIpc) is 2.50. The highest BCUT2D eigenvalue weighted by molar-refractivity contribution is 7.98. The van der Waals surface area contributed by atoms with E-state index in [0.29, 0.717) is 6.04 Å². The van der Waals surface area contributed by atoms with E-state index in [0.717, 1.165) is 23.7 Å². The molecule has 1 aliphatic carbocycles. The molecule has 0 saturated carbocycles. The third-order valence-corrected chi connectivity index (χ3v) is 4.35. The van der Waals surface area contributed by atoms with Gasteiger partial charge in [0.1, 0.15) is 0 Å². The molecule has 1 nitrogen and oxygen atoms in total. The third kappa shape index (κ3) is 2.81. The molecule has 1 unspecified atom stereocenters. The van der Waals surface area contributed by atoms with E-state index in [9.17, 15) is 0 Å². The predicted molar refractivity (Wildman–Crippen MR) is 78.1 cm³/mol. The Morgan fingerprint density at radius 3 is 2.94 bits per heavy atom. The molecule has 0 heterocycles. The Balaban J connectivity index is 2.21. The van der Waals surface area contributed by atoms with Crippen molar-refractivity contribution in [1.82, 2.24) is 5.32 Å². The van der Waals surface area contributed by atoms with Crippen molar-refractivity contribution >= 4 is 23.4 Å². The quantitative estimate of drug-likeness (QED) is 0.832. The summed E-state index contributed by atoms with van der Waals surface area (Å²) >= 11 is 7.99. The summed E-state index contributed by atoms with van der Waals surface area (Å²) in [6.45, 7) is 5.72. The first-order chi connectivity index (χ1) is 8.04. The minimum Gasteiger partial charge on any atom is -0.309 e. The zero-order chi connectivity index (χ0) is 12.5. The van der Waals surface area contributed by atoms with Crippen LogP contribution in [0, 0.1) is 5.41 Å². The Morgan fingerprint density at radius 2 is 2.24 bits per heavy atom. The molecule has 0 aliphatic heterocycles. The van der Waals surface area contributed by atoms with Gasteiger partial charge in [-0.3, -0.25) is 0 Å². The summed E-state index contributed by atoms with van der Waals surface area (Å²) in [6, 6.07) is 6.74. The highest BCUT2D eigenvalue weighted by atomic mass is 35.5. The van der Waals surface area contributed by atoms with E-state index in [4.69, 9.17) is 11.6 Å². The van der Waals surface area contributed by atoms with E-state index in [1.807, 2.05) is 17.8 Å². The normalized spacial score (nSPS) is 21.5. The van der Waals surface area contributed by atoms with E-state index < -0.39 is 0 Å². The van der Waals surface area contributed by atoms with Crippen molar-refractivity contribution in [2.45, 2.75) is 26.3 Å². The highest BCUT2D eigenvalue weighted by Gasteiger charge is 2.38. The summed E-state index contributed by atoms with van der Waals surface area (Å²) in [6.07, 6.45) is 3.28. The fourth-order valence-corrected chi connectivity index (χ4v) is 3.20. The van der Waals surface area contributed by atoms with Gasteiger partial charge in [0.25, 0.3) is 0 Å². The van der Waals surface area contributed by atoms with Crippen molar-refractivity contribution in [3.05, 3.63) is 34.3 Å². The second-order valence-electron chi connectivity index (χ2n) is 5.39. The Hall–Kier alpha value is -0.180. The van der Waals surface area contributed by atoms with Gasteiger partial charge in [-0.25, -0.2) is 0 Å². The van der Waals surface area contributed by atoms with Crippen LogP contribution in [0.3, 0.4) is 0 Å². The van der Waals surface area contributed by atoms with Gasteiger partial charge >= 0.3 is 0 Å². The van der Waals surface area contributed by atoms with Crippen molar-refractivity contribution in [1.29, 1.82) is 0 Å². The smallest absolute Gasteiger partial charge is 0.0409 e. The van der Waals surface area contributed by atoms with Crippen molar-refractivity contribution in [3.63, 3.8) is 0 Å². The molecule has 1 aliphatic rings. The van der Waals surface area contributed by atoms with E-state index in [2.05, 4.69) is 37.6 Å². The number of fused-ring (bicyclic) bond motifs is 1. The summed E-state index contributed by atoms with van der Waals surface area (Å²) < 4.78 is 0. The maximum atomic E-state index is 6.11. The number of hydrogen-bond acceptors (Lipinski definition) is 2. The molecule has 1 aromatic rings. The lowest BCUT2D eigenvalue weighted by Gasteiger charge is -2.28. The molecule has 0 fully saturated rings. The van der Waals surface area contributed by atoms with Crippen LogP contribution in [0.5, 0.6) is 0 Å². The SMILES string of the molecule is CSCCNC1c2cc(Cl)ccc2CC1(C)C. The summed E-state index contributed by atoms with van der Waals surface area (Å²) in [5.74, 6) is 1.16. The first kappa shape index (κ1) is 13.3. The fourth-order valence-electron chi connectivity index (χ4n) is 2.70. The van der Waals surface area contributed by atoms with Crippen LogP contribution in [0.2, 0.25) is 5.02 Å². The van der Waals surface area contributed by atoms with Crippen LogP contribution in [0.25, 0.3) is 0 Å². The van der Waals surface area contributed by atoms with Crippen LogP contribution in [-0.2, 0) is 6.42 Å². The molecule has 1 atom stereocenters. The molecule has 0 saturated heterocycles.